The van der Waals surface area contributed by atoms with Gasteiger partial charge in [-0.25, -0.2) is 9.67 Å². The number of carbonyl (C=O) groups is 2. The van der Waals surface area contributed by atoms with E-state index in [2.05, 4.69) is 10.3 Å². The first-order valence-corrected chi connectivity index (χ1v) is 9.65. The van der Waals surface area contributed by atoms with Crippen LogP contribution in [-0.2, 0) is 27.9 Å². The number of esters is 1. The average molecular weight is 419 g/mol. The summed E-state index contributed by atoms with van der Waals surface area (Å²) in [6.45, 7) is 1.16. The maximum Gasteiger partial charge on any atom is 0.326 e. The lowest BCUT2D eigenvalue weighted by atomic mass is 10.3. The third-order valence-electron chi connectivity index (χ3n) is 5.01. The zero-order valence-corrected chi connectivity index (χ0v) is 17.1. The quantitative estimate of drug-likeness (QED) is 0.482. The Hall–Kier alpha value is -4.14. The fourth-order valence-corrected chi connectivity index (χ4v) is 3.35. The van der Waals surface area contributed by atoms with E-state index in [1.807, 2.05) is 42.5 Å². The molecule has 1 amide bonds. The first kappa shape index (κ1) is 20.1. The van der Waals surface area contributed by atoms with E-state index in [4.69, 9.17) is 4.74 Å². The summed E-state index contributed by atoms with van der Waals surface area (Å²) >= 11 is 0. The number of aromatic nitrogens is 4. The summed E-state index contributed by atoms with van der Waals surface area (Å²) in [5.74, 6) is -1.17. The van der Waals surface area contributed by atoms with E-state index in [-0.39, 0.29) is 17.8 Å². The number of nitrogens with one attached hydrogen (secondary N) is 1. The molecule has 9 heteroatoms. The van der Waals surface area contributed by atoms with Crippen molar-refractivity contribution in [3.8, 4) is 5.69 Å². The number of hydrogen-bond donors (Lipinski definition) is 1. The Morgan fingerprint density at radius 3 is 2.55 bits per heavy atom. The maximum absolute atomic E-state index is 12.8. The molecule has 0 aliphatic heterocycles. The van der Waals surface area contributed by atoms with Crippen molar-refractivity contribution in [1.82, 2.24) is 18.9 Å². The molecule has 4 aromatic rings. The van der Waals surface area contributed by atoms with E-state index < -0.39 is 18.5 Å². The molecule has 158 valence electrons. The molecular formula is C22H21N5O4. The Bertz CT molecular complexity index is 1320. The summed E-state index contributed by atoms with van der Waals surface area (Å²) < 4.78 is 9.85. The van der Waals surface area contributed by atoms with Gasteiger partial charge in [0.25, 0.3) is 11.5 Å². The van der Waals surface area contributed by atoms with E-state index >= 15 is 0 Å². The van der Waals surface area contributed by atoms with Gasteiger partial charge in [-0.2, -0.15) is 0 Å². The van der Waals surface area contributed by atoms with Crippen LogP contribution in [0.2, 0.25) is 0 Å². The molecule has 0 aliphatic carbocycles. The summed E-state index contributed by atoms with van der Waals surface area (Å²) in [6.07, 6.45) is 1.55. The van der Waals surface area contributed by atoms with E-state index in [1.165, 1.54) is 4.68 Å². The van der Waals surface area contributed by atoms with Gasteiger partial charge in [0.1, 0.15) is 12.2 Å². The highest BCUT2D eigenvalue weighted by atomic mass is 16.5. The Labute approximate surface area is 177 Å². The number of carbonyl (C=O) groups excluding carboxylic acids is 2. The summed E-state index contributed by atoms with van der Waals surface area (Å²) in [5, 5.41) is 2.56. The minimum Gasteiger partial charge on any atom is -0.454 e. The molecule has 9 nitrogen and oxygen atoms in total. The van der Waals surface area contributed by atoms with Crippen molar-refractivity contribution < 1.29 is 14.3 Å². The van der Waals surface area contributed by atoms with Crippen molar-refractivity contribution in [2.45, 2.75) is 13.5 Å². The lowest BCUT2D eigenvalue weighted by Gasteiger charge is -2.07. The molecule has 0 spiro atoms. The second-order valence-corrected chi connectivity index (χ2v) is 7.01. The molecule has 4 rings (SSSR count). The molecule has 2 heterocycles. The van der Waals surface area contributed by atoms with Crippen molar-refractivity contribution in [2.24, 2.45) is 7.05 Å². The molecule has 0 radical (unpaired) electrons. The molecular weight excluding hydrogens is 398 g/mol. The topological polar surface area (TPSA) is 100 Å². The molecule has 0 unspecified atom stereocenters. The minimum absolute atomic E-state index is 0.0705. The molecule has 2 aromatic heterocycles. The number of benzene rings is 2. The second-order valence-electron chi connectivity index (χ2n) is 7.01. The summed E-state index contributed by atoms with van der Waals surface area (Å²) in [7, 11) is 1.73. The number of hydrogen-bond acceptors (Lipinski definition) is 5. The number of fused-ring (bicyclic) bond motifs is 1. The Morgan fingerprint density at radius 1 is 1.06 bits per heavy atom. The minimum atomic E-state index is -0.588. The molecule has 31 heavy (non-hydrogen) atoms. The Balaban J connectivity index is 1.41. The number of anilines is 1. The van der Waals surface area contributed by atoms with Crippen LogP contribution < -0.4 is 10.9 Å². The molecule has 0 saturated heterocycles. The average Bonchev–Trinajstić information content (AvgIpc) is 3.27. The number of amides is 1. The van der Waals surface area contributed by atoms with E-state index in [1.54, 1.807) is 41.7 Å². The molecule has 1 N–H and O–H groups in total. The van der Waals surface area contributed by atoms with Crippen molar-refractivity contribution in [1.29, 1.82) is 0 Å². The molecule has 0 bridgehead atoms. The summed E-state index contributed by atoms with van der Waals surface area (Å²) in [5.41, 5.74) is 2.60. The van der Waals surface area contributed by atoms with Crippen LogP contribution in [0.25, 0.3) is 16.7 Å². The first-order valence-electron chi connectivity index (χ1n) is 9.65. The van der Waals surface area contributed by atoms with Gasteiger partial charge in [-0.05, 0) is 31.2 Å². The molecule has 0 fully saturated rings. The van der Waals surface area contributed by atoms with Gasteiger partial charge in [-0.1, -0.05) is 30.3 Å². The number of rotatable bonds is 6. The van der Waals surface area contributed by atoms with Crippen LogP contribution in [0.4, 0.5) is 5.69 Å². The Morgan fingerprint density at radius 2 is 1.77 bits per heavy atom. The fourth-order valence-electron chi connectivity index (χ4n) is 3.35. The van der Waals surface area contributed by atoms with Crippen LogP contribution in [0.1, 0.15) is 5.69 Å². The van der Waals surface area contributed by atoms with Crippen LogP contribution in [0.15, 0.2) is 65.7 Å². The van der Waals surface area contributed by atoms with Gasteiger partial charge in [-0.3, -0.25) is 19.1 Å². The molecule has 0 saturated carbocycles. The second kappa shape index (κ2) is 8.31. The van der Waals surface area contributed by atoms with Gasteiger partial charge in [0, 0.05) is 7.05 Å². The van der Waals surface area contributed by atoms with Gasteiger partial charge < -0.3 is 14.6 Å². The van der Waals surface area contributed by atoms with Crippen LogP contribution in [0, 0.1) is 6.92 Å². The zero-order valence-electron chi connectivity index (χ0n) is 17.1. The van der Waals surface area contributed by atoms with Gasteiger partial charge in [0.05, 0.1) is 28.7 Å². The zero-order chi connectivity index (χ0) is 22.0. The van der Waals surface area contributed by atoms with Crippen LogP contribution in [0.5, 0.6) is 0 Å². The standard InChI is InChI=1S/C22H21N5O4/c1-15-21(22(30)27(25(15)2)16-8-4-3-5-9-16)24-19(28)13-31-20(29)12-26-14-23-17-10-6-7-11-18(17)26/h3-11,14H,12-13H2,1-2H3,(H,24,28). The first-order chi connectivity index (χ1) is 15.0. The monoisotopic (exact) mass is 419 g/mol. The molecule has 0 aliphatic rings. The third kappa shape index (κ3) is 3.97. The number of nitrogens with zero attached hydrogens (tertiary/aromatic N) is 4. The van der Waals surface area contributed by atoms with Crippen LogP contribution in [-0.4, -0.2) is 37.4 Å². The van der Waals surface area contributed by atoms with E-state index in [0.29, 0.717) is 11.4 Å². The van der Waals surface area contributed by atoms with Gasteiger partial charge >= 0.3 is 5.97 Å². The molecule has 0 atom stereocenters. The highest BCUT2D eigenvalue weighted by molar-refractivity contribution is 5.93. The summed E-state index contributed by atoms with van der Waals surface area (Å²) in [4.78, 5) is 41.5. The van der Waals surface area contributed by atoms with E-state index in [0.717, 1.165) is 11.0 Å². The normalized spacial score (nSPS) is 10.9. The predicted octanol–water partition coefficient (Wildman–Crippen LogP) is 2.02. The van der Waals surface area contributed by atoms with E-state index in [9.17, 15) is 14.4 Å². The number of imidazole rings is 1. The predicted molar refractivity (Wildman–Crippen MR) is 115 cm³/mol. The lowest BCUT2D eigenvalue weighted by Crippen LogP contribution is -2.26. The SMILES string of the molecule is Cc1c(NC(=O)COC(=O)Cn2cnc3ccccc32)c(=O)n(-c2ccccc2)n1C. The number of ether oxygens (including phenoxy) is 1. The fraction of sp³-hybridized carbons (Fsp3) is 0.182. The van der Waals surface area contributed by atoms with Crippen molar-refractivity contribution >= 4 is 28.6 Å². The van der Waals surface area contributed by atoms with Crippen molar-refractivity contribution in [3.05, 3.63) is 77.0 Å². The van der Waals surface area contributed by atoms with Gasteiger partial charge in [0.15, 0.2) is 6.61 Å². The van der Waals surface area contributed by atoms with Crippen LogP contribution in [0.3, 0.4) is 0 Å². The smallest absolute Gasteiger partial charge is 0.326 e. The van der Waals surface area contributed by atoms with Gasteiger partial charge in [0.2, 0.25) is 0 Å². The lowest BCUT2D eigenvalue weighted by molar-refractivity contribution is -0.147. The highest BCUT2D eigenvalue weighted by Crippen LogP contribution is 2.14. The Kier molecular flexibility index (Phi) is 5.40. The highest BCUT2D eigenvalue weighted by Gasteiger charge is 2.19. The van der Waals surface area contributed by atoms with Gasteiger partial charge in [-0.15, -0.1) is 0 Å². The summed E-state index contributed by atoms with van der Waals surface area (Å²) in [6, 6.07) is 16.5. The number of para-hydroxylation sites is 3. The maximum atomic E-state index is 12.8. The van der Waals surface area contributed by atoms with Crippen molar-refractivity contribution in [2.75, 3.05) is 11.9 Å². The third-order valence-corrected chi connectivity index (χ3v) is 5.01. The largest absolute Gasteiger partial charge is 0.454 e. The molecule has 2 aromatic carbocycles. The van der Waals surface area contributed by atoms with Crippen molar-refractivity contribution in [3.63, 3.8) is 0 Å². The van der Waals surface area contributed by atoms with Crippen LogP contribution >= 0.6 is 0 Å².